The van der Waals surface area contributed by atoms with Crippen molar-refractivity contribution in [3.05, 3.63) is 60.4 Å². The van der Waals surface area contributed by atoms with Gasteiger partial charge in [-0.05, 0) is 34.7 Å². The van der Waals surface area contributed by atoms with Crippen molar-refractivity contribution in [3.63, 3.8) is 0 Å². The van der Waals surface area contributed by atoms with Gasteiger partial charge in [-0.1, -0.05) is 44.2 Å². The Morgan fingerprint density at radius 3 is 2.05 bits per heavy atom. The van der Waals surface area contributed by atoms with Crippen LogP contribution in [0.3, 0.4) is 0 Å². The van der Waals surface area contributed by atoms with Crippen LogP contribution in [0.5, 0.6) is 0 Å². The normalized spacial score (nSPS) is 11.1. The SMILES string of the molecule is CC(C)c1ccc(-c2ccc3nccnc3c2)cc1. The summed E-state index contributed by atoms with van der Waals surface area (Å²) in [4.78, 5) is 8.64. The zero-order valence-corrected chi connectivity index (χ0v) is 11.2. The number of rotatable bonds is 2. The average molecular weight is 248 g/mol. The van der Waals surface area contributed by atoms with Crippen LogP contribution < -0.4 is 0 Å². The number of hydrogen-bond donors (Lipinski definition) is 0. The van der Waals surface area contributed by atoms with E-state index in [0.717, 1.165) is 11.0 Å². The van der Waals surface area contributed by atoms with E-state index in [1.807, 2.05) is 6.07 Å². The molecule has 0 amide bonds. The smallest absolute Gasteiger partial charge is 0.0892 e. The van der Waals surface area contributed by atoms with E-state index in [9.17, 15) is 0 Å². The van der Waals surface area contributed by atoms with Gasteiger partial charge in [0.15, 0.2) is 0 Å². The number of fused-ring (bicyclic) bond motifs is 1. The van der Waals surface area contributed by atoms with Crippen LogP contribution in [-0.4, -0.2) is 9.97 Å². The lowest BCUT2D eigenvalue weighted by Crippen LogP contribution is -1.87. The quantitative estimate of drug-likeness (QED) is 0.671. The molecule has 1 heterocycles. The molecular formula is C17H16N2. The molecule has 0 fully saturated rings. The fraction of sp³-hybridized carbons (Fsp3) is 0.176. The van der Waals surface area contributed by atoms with Gasteiger partial charge in [0.05, 0.1) is 11.0 Å². The molecule has 19 heavy (non-hydrogen) atoms. The number of benzene rings is 2. The van der Waals surface area contributed by atoms with Crippen LogP contribution in [-0.2, 0) is 0 Å². The summed E-state index contributed by atoms with van der Waals surface area (Å²) >= 11 is 0. The summed E-state index contributed by atoms with van der Waals surface area (Å²) in [6.45, 7) is 4.42. The minimum atomic E-state index is 0.566. The molecule has 2 nitrogen and oxygen atoms in total. The summed E-state index contributed by atoms with van der Waals surface area (Å²) in [5.41, 5.74) is 5.64. The lowest BCUT2D eigenvalue weighted by atomic mass is 9.98. The highest BCUT2D eigenvalue weighted by molar-refractivity contribution is 5.81. The van der Waals surface area contributed by atoms with Crippen LogP contribution in [0.2, 0.25) is 0 Å². The van der Waals surface area contributed by atoms with Crippen molar-refractivity contribution in [3.8, 4) is 11.1 Å². The molecule has 94 valence electrons. The highest BCUT2D eigenvalue weighted by atomic mass is 14.8. The fourth-order valence-corrected chi connectivity index (χ4v) is 2.20. The van der Waals surface area contributed by atoms with E-state index >= 15 is 0 Å². The van der Waals surface area contributed by atoms with Crippen LogP contribution in [0.15, 0.2) is 54.9 Å². The maximum atomic E-state index is 4.35. The van der Waals surface area contributed by atoms with Gasteiger partial charge in [-0.2, -0.15) is 0 Å². The standard InChI is InChI=1S/C17H16N2/c1-12(2)13-3-5-14(6-4-13)15-7-8-16-17(11-15)19-10-9-18-16/h3-12H,1-2H3. The Hall–Kier alpha value is -2.22. The average Bonchev–Trinajstić information content (AvgIpc) is 2.47. The summed E-state index contributed by atoms with van der Waals surface area (Å²) in [6, 6.07) is 14.9. The molecular weight excluding hydrogens is 232 g/mol. The second kappa shape index (κ2) is 4.81. The Balaban J connectivity index is 2.03. The molecule has 0 unspecified atom stereocenters. The van der Waals surface area contributed by atoms with Gasteiger partial charge >= 0.3 is 0 Å². The van der Waals surface area contributed by atoms with Gasteiger partial charge in [0.2, 0.25) is 0 Å². The maximum Gasteiger partial charge on any atom is 0.0892 e. The summed E-state index contributed by atoms with van der Waals surface area (Å²) < 4.78 is 0. The van der Waals surface area contributed by atoms with Gasteiger partial charge in [-0.3, -0.25) is 9.97 Å². The van der Waals surface area contributed by atoms with E-state index in [1.54, 1.807) is 12.4 Å². The Morgan fingerprint density at radius 1 is 0.737 bits per heavy atom. The molecule has 0 bridgehead atoms. The topological polar surface area (TPSA) is 25.8 Å². The summed E-state index contributed by atoms with van der Waals surface area (Å²) in [5, 5.41) is 0. The Kier molecular flexibility index (Phi) is 3.00. The second-order valence-electron chi connectivity index (χ2n) is 5.04. The highest BCUT2D eigenvalue weighted by Gasteiger charge is 2.03. The van der Waals surface area contributed by atoms with Crippen molar-refractivity contribution in [2.75, 3.05) is 0 Å². The van der Waals surface area contributed by atoms with Crippen molar-refractivity contribution in [1.82, 2.24) is 9.97 Å². The first-order valence-corrected chi connectivity index (χ1v) is 6.55. The van der Waals surface area contributed by atoms with E-state index in [1.165, 1.54) is 16.7 Å². The Bertz CT molecular complexity index is 700. The van der Waals surface area contributed by atoms with Crippen LogP contribution in [0.4, 0.5) is 0 Å². The minimum absolute atomic E-state index is 0.566. The third-order valence-corrected chi connectivity index (χ3v) is 3.38. The van der Waals surface area contributed by atoms with E-state index in [4.69, 9.17) is 0 Å². The molecule has 0 aliphatic heterocycles. The summed E-state index contributed by atoms with van der Waals surface area (Å²) in [5.74, 6) is 0.566. The summed E-state index contributed by atoms with van der Waals surface area (Å²) in [6.07, 6.45) is 3.45. The Labute approximate surface area is 113 Å². The predicted octanol–water partition coefficient (Wildman–Crippen LogP) is 4.42. The van der Waals surface area contributed by atoms with E-state index in [2.05, 4.69) is 60.2 Å². The minimum Gasteiger partial charge on any atom is -0.253 e. The third-order valence-electron chi connectivity index (χ3n) is 3.38. The molecule has 0 aliphatic carbocycles. The fourth-order valence-electron chi connectivity index (χ4n) is 2.20. The van der Waals surface area contributed by atoms with Crippen molar-refractivity contribution < 1.29 is 0 Å². The molecule has 0 spiro atoms. The first kappa shape index (κ1) is 11.8. The van der Waals surface area contributed by atoms with Gasteiger partial charge < -0.3 is 0 Å². The van der Waals surface area contributed by atoms with Crippen molar-refractivity contribution in [2.24, 2.45) is 0 Å². The first-order chi connectivity index (χ1) is 9.24. The molecule has 0 radical (unpaired) electrons. The van der Waals surface area contributed by atoms with E-state index in [0.29, 0.717) is 5.92 Å². The largest absolute Gasteiger partial charge is 0.253 e. The van der Waals surface area contributed by atoms with Gasteiger partial charge in [0, 0.05) is 12.4 Å². The molecule has 0 atom stereocenters. The van der Waals surface area contributed by atoms with Crippen LogP contribution in [0, 0.1) is 0 Å². The zero-order valence-electron chi connectivity index (χ0n) is 11.2. The zero-order chi connectivity index (χ0) is 13.2. The van der Waals surface area contributed by atoms with E-state index < -0.39 is 0 Å². The molecule has 0 N–H and O–H groups in total. The van der Waals surface area contributed by atoms with Crippen molar-refractivity contribution in [1.29, 1.82) is 0 Å². The van der Waals surface area contributed by atoms with E-state index in [-0.39, 0.29) is 0 Å². The lowest BCUT2D eigenvalue weighted by Gasteiger charge is -2.07. The first-order valence-electron chi connectivity index (χ1n) is 6.55. The molecule has 0 aliphatic rings. The maximum absolute atomic E-state index is 4.35. The molecule has 0 saturated carbocycles. The summed E-state index contributed by atoms with van der Waals surface area (Å²) in [7, 11) is 0. The Morgan fingerprint density at radius 2 is 1.37 bits per heavy atom. The lowest BCUT2D eigenvalue weighted by molar-refractivity contribution is 0.867. The van der Waals surface area contributed by atoms with Gasteiger partial charge in [0.1, 0.15) is 0 Å². The van der Waals surface area contributed by atoms with Gasteiger partial charge in [-0.25, -0.2) is 0 Å². The molecule has 2 aromatic carbocycles. The van der Waals surface area contributed by atoms with Crippen LogP contribution in [0.1, 0.15) is 25.3 Å². The monoisotopic (exact) mass is 248 g/mol. The molecule has 1 aromatic heterocycles. The molecule has 2 heteroatoms. The van der Waals surface area contributed by atoms with Crippen molar-refractivity contribution >= 4 is 11.0 Å². The van der Waals surface area contributed by atoms with Gasteiger partial charge in [0.25, 0.3) is 0 Å². The van der Waals surface area contributed by atoms with Crippen LogP contribution in [0.25, 0.3) is 22.2 Å². The predicted molar refractivity (Wildman–Crippen MR) is 79.1 cm³/mol. The van der Waals surface area contributed by atoms with Crippen LogP contribution >= 0.6 is 0 Å². The van der Waals surface area contributed by atoms with Crippen molar-refractivity contribution in [2.45, 2.75) is 19.8 Å². The molecule has 3 aromatic rings. The van der Waals surface area contributed by atoms with Gasteiger partial charge in [-0.15, -0.1) is 0 Å². The number of nitrogens with zero attached hydrogens (tertiary/aromatic N) is 2. The highest BCUT2D eigenvalue weighted by Crippen LogP contribution is 2.24. The molecule has 3 rings (SSSR count). The second-order valence-corrected chi connectivity index (χ2v) is 5.04. The third kappa shape index (κ3) is 2.34. The number of hydrogen-bond acceptors (Lipinski definition) is 2. The molecule has 0 saturated heterocycles. The number of aromatic nitrogens is 2.